The number of benzene rings is 3. The summed E-state index contributed by atoms with van der Waals surface area (Å²) in [6.07, 6.45) is 0.685. The van der Waals surface area contributed by atoms with Gasteiger partial charge in [0.1, 0.15) is 5.82 Å². The van der Waals surface area contributed by atoms with Crippen molar-refractivity contribution in [3.63, 3.8) is 0 Å². The Hall–Kier alpha value is -3.92. The van der Waals surface area contributed by atoms with Gasteiger partial charge in [-0.05, 0) is 24.6 Å². The van der Waals surface area contributed by atoms with Gasteiger partial charge in [-0.3, -0.25) is 9.36 Å². The van der Waals surface area contributed by atoms with Crippen LogP contribution < -0.4 is 5.32 Å². The smallest absolute Gasteiger partial charge is 0.246 e. The van der Waals surface area contributed by atoms with Crippen molar-refractivity contribution in [1.82, 2.24) is 14.9 Å². The average Bonchev–Trinajstić information content (AvgIpc) is 3.17. The van der Waals surface area contributed by atoms with Gasteiger partial charge < -0.3 is 5.32 Å². The second kappa shape index (κ2) is 9.26. The van der Waals surface area contributed by atoms with E-state index < -0.39 is 0 Å². The summed E-state index contributed by atoms with van der Waals surface area (Å²) in [4.78, 5) is 17.2. The van der Waals surface area contributed by atoms with Crippen molar-refractivity contribution in [2.45, 2.75) is 19.9 Å². The van der Waals surface area contributed by atoms with Gasteiger partial charge in [-0.2, -0.15) is 0 Å². The molecule has 0 radical (unpaired) electrons. The third-order valence-electron chi connectivity index (χ3n) is 5.09. The molecule has 0 atom stereocenters. The van der Waals surface area contributed by atoms with Gasteiger partial charge in [0.25, 0.3) is 0 Å². The number of nitrogens with zero attached hydrogens (tertiary/aromatic N) is 2. The first kappa shape index (κ1) is 20.4. The number of nitrogens with one attached hydrogen (secondary N) is 1. The molecule has 1 amide bonds. The van der Waals surface area contributed by atoms with E-state index in [4.69, 9.17) is 4.98 Å². The summed E-state index contributed by atoms with van der Waals surface area (Å²) < 4.78 is 2.20. The second-order valence-electron chi connectivity index (χ2n) is 7.49. The van der Waals surface area contributed by atoms with Crippen LogP contribution in [0.2, 0.25) is 0 Å². The number of rotatable bonds is 7. The molecule has 0 fully saturated rings. The van der Waals surface area contributed by atoms with Gasteiger partial charge in [-0.25, -0.2) is 4.98 Å². The number of carbonyl (C=O) groups excluding carboxylic acids is 1. The molecule has 4 nitrogen and oxygen atoms in total. The minimum absolute atomic E-state index is 0.169. The van der Waals surface area contributed by atoms with Crippen LogP contribution in [0.25, 0.3) is 16.9 Å². The summed E-state index contributed by atoms with van der Waals surface area (Å²) in [5.74, 6) is 0.758. The van der Waals surface area contributed by atoms with Crippen molar-refractivity contribution in [3.05, 3.63) is 120 Å². The summed E-state index contributed by atoms with van der Waals surface area (Å²) in [6.45, 7) is 5.77. The Morgan fingerprint density at radius 1 is 0.903 bits per heavy atom. The SMILES string of the molecule is C=C(C)C(=O)NCc1nc(Cc2ccccc2)n(-c2ccccc2)c1-c1ccccc1. The van der Waals surface area contributed by atoms with Crippen LogP contribution in [0.4, 0.5) is 0 Å². The maximum atomic E-state index is 12.2. The fraction of sp³-hybridized carbons (Fsp3) is 0.111. The highest BCUT2D eigenvalue weighted by Crippen LogP contribution is 2.30. The van der Waals surface area contributed by atoms with E-state index in [1.807, 2.05) is 54.6 Å². The van der Waals surface area contributed by atoms with Crippen LogP contribution in [0.5, 0.6) is 0 Å². The zero-order chi connectivity index (χ0) is 21.6. The summed E-state index contributed by atoms with van der Waals surface area (Å²) in [5.41, 5.74) is 5.57. The molecule has 0 saturated heterocycles. The highest BCUT2D eigenvalue weighted by molar-refractivity contribution is 5.92. The van der Waals surface area contributed by atoms with Crippen molar-refractivity contribution >= 4 is 5.91 Å². The van der Waals surface area contributed by atoms with Gasteiger partial charge in [0.05, 0.1) is 17.9 Å². The first-order valence-electron chi connectivity index (χ1n) is 10.3. The lowest BCUT2D eigenvalue weighted by atomic mass is 10.1. The second-order valence-corrected chi connectivity index (χ2v) is 7.49. The number of para-hydroxylation sites is 1. The predicted molar refractivity (Wildman–Crippen MR) is 125 cm³/mol. The van der Waals surface area contributed by atoms with Crippen LogP contribution >= 0.6 is 0 Å². The van der Waals surface area contributed by atoms with Crippen LogP contribution in [-0.4, -0.2) is 15.5 Å². The van der Waals surface area contributed by atoms with Crippen molar-refractivity contribution in [2.24, 2.45) is 0 Å². The number of carbonyl (C=O) groups is 1. The predicted octanol–water partition coefficient (Wildman–Crippen LogP) is 5.32. The van der Waals surface area contributed by atoms with E-state index in [1.165, 1.54) is 5.56 Å². The molecule has 1 N–H and O–H groups in total. The van der Waals surface area contributed by atoms with Crippen molar-refractivity contribution in [1.29, 1.82) is 0 Å². The van der Waals surface area contributed by atoms with Gasteiger partial charge in [0.2, 0.25) is 5.91 Å². The zero-order valence-corrected chi connectivity index (χ0v) is 17.6. The maximum absolute atomic E-state index is 12.2. The molecule has 0 spiro atoms. The molecule has 1 aromatic heterocycles. The van der Waals surface area contributed by atoms with Crippen LogP contribution in [-0.2, 0) is 17.8 Å². The van der Waals surface area contributed by atoms with Crippen LogP contribution in [0, 0.1) is 0 Å². The van der Waals surface area contributed by atoms with Gasteiger partial charge in [0.15, 0.2) is 0 Å². The minimum atomic E-state index is -0.169. The van der Waals surface area contributed by atoms with Crippen LogP contribution in [0.3, 0.4) is 0 Å². The van der Waals surface area contributed by atoms with Crippen molar-refractivity contribution < 1.29 is 4.79 Å². The molecule has 0 aliphatic heterocycles. The first-order chi connectivity index (χ1) is 15.1. The molecule has 0 unspecified atom stereocenters. The standard InChI is InChI=1S/C27H25N3O/c1-20(2)27(31)28-19-24-26(22-14-8-4-9-15-22)30(23-16-10-5-11-17-23)25(29-24)18-21-12-6-3-7-13-21/h3-17H,1,18-19H2,2H3,(H,28,31). The molecule has 0 aliphatic carbocycles. The summed E-state index contributed by atoms with van der Waals surface area (Å²) >= 11 is 0. The lowest BCUT2D eigenvalue weighted by Gasteiger charge is -2.14. The van der Waals surface area contributed by atoms with E-state index in [9.17, 15) is 4.79 Å². The van der Waals surface area contributed by atoms with Gasteiger partial charge in [0, 0.05) is 23.2 Å². The monoisotopic (exact) mass is 407 g/mol. The Labute approximate surface area is 182 Å². The normalized spacial score (nSPS) is 10.6. The van der Waals surface area contributed by atoms with E-state index in [-0.39, 0.29) is 5.91 Å². The average molecular weight is 408 g/mol. The molecule has 4 aromatic rings. The summed E-state index contributed by atoms with van der Waals surface area (Å²) in [5, 5.41) is 2.95. The molecule has 4 rings (SSSR count). The number of amides is 1. The third-order valence-corrected chi connectivity index (χ3v) is 5.09. The van der Waals surface area contributed by atoms with E-state index in [0.717, 1.165) is 28.5 Å². The van der Waals surface area contributed by atoms with Crippen molar-refractivity contribution in [3.8, 4) is 16.9 Å². The number of hydrogen-bond acceptors (Lipinski definition) is 2. The van der Waals surface area contributed by atoms with E-state index >= 15 is 0 Å². The molecule has 31 heavy (non-hydrogen) atoms. The van der Waals surface area contributed by atoms with Crippen molar-refractivity contribution in [2.75, 3.05) is 0 Å². The molecular formula is C27H25N3O. The maximum Gasteiger partial charge on any atom is 0.246 e. The molecule has 3 aromatic carbocycles. The minimum Gasteiger partial charge on any atom is -0.347 e. The Morgan fingerprint density at radius 3 is 2.10 bits per heavy atom. The van der Waals surface area contributed by atoms with E-state index in [1.54, 1.807) is 6.92 Å². The topological polar surface area (TPSA) is 46.9 Å². The Kier molecular flexibility index (Phi) is 6.08. The Bertz CT molecular complexity index is 1180. The summed E-state index contributed by atoms with van der Waals surface area (Å²) in [7, 11) is 0. The largest absolute Gasteiger partial charge is 0.347 e. The van der Waals surface area contributed by atoms with E-state index in [0.29, 0.717) is 18.5 Å². The van der Waals surface area contributed by atoms with Crippen LogP contribution in [0.1, 0.15) is 24.0 Å². The Balaban J connectivity index is 1.87. The molecule has 0 bridgehead atoms. The number of aromatic nitrogens is 2. The third kappa shape index (κ3) is 4.64. The van der Waals surface area contributed by atoms with Gasteiger partial charge in [-0.1, -0.05) is 85.4 Å². The first-order valence-corrected chi connectivity index (χ1v) is 10.3. The molecule has 1 heterocycles. The van der Waals surface area contributed by atoms with Gasteiger partial charge >= 0.3 is 0 Å². The number of imidazole rings is 1. The molecule has 4 heteroatoms. The highest BCUT2D eigenvalue weighted by atomic mass is 16.1. The quantitative estimate of drug-likeness (QED) is 0.421. The fourth-order valence-electron chi connectivity index (χ4n) is 3.60. The van der Waals surface area contributed by atoms with Gasteiger partial charge in [-0.15, -0.1) is 0 Å². The number of hydrogen-bond donors (Lipinski definition) is 1. The molecule has 0 aliphatic rings. The Morgan fingerprint density at radius 2 is 1.48 bits per heavy atom. The van der Waals surface area contributed by atoms with Crippen LogP contribution in [0.15, 0.2) is 103 Å². The summed E-state index contributed by atoms with van der Waals surface area (Å²) in [6, 6.07) is 30.7. The lowest BCUT2D eigenvalue weighted by molar-refractivity contribution is -0.117. The lowest BCUT2D eigenvalue weighted by Crippen LogP contribution is -2.23. The fourth-order valence-corrected chi connectivity index (χ4v) is 3.60. The highest BCUT2D eigenvalue weighted by Gasteiger charge is 2.20. The zero-order valence-electron chi connectivity index (χ0n) is 17.6. The molecule has 154 valence electrons. The molecule has 0 saturated carbocycles. The van der Waals surface area contributed by atoms with E-state index in [2.05, 4.69) is 52.9 Å². The molecular weight excluding hydrogens is 382 g/mol.